The fraction of sp³-hybridized carbons (Fsp3) is 0.273. The Bertz CT molecular complexity index is 429. The van der Waals surface area contributed by atoms with Gasteiger partial charge in [0.05, 0.1) is 0 Å². The van der Waals surface area contributed by atoms with Crippen LogP contribution in [0.3, 0.4) is 0 Å². The molecule has 1 aromatic rings. The van der Waals surface area contributed by atoms with Crippen molar-refractivity contribution < 1.29 is 14.7 Å². The highest BCUT2D eigenvalue weighted by molar-refractivity contribution is 6.30. The minimum Gasteiger partial charge on any atom is -0.480 e. The van der Waals surface area contributed by atoms with Crippen molar-refractivity contribution in [2.45, 2.75) is 18.4 Å². The van der Waals surface area contributed by atoms with Gasteiger partial charge >= 0.3 is 5.97 Å². The number of carboxylic acids is 1. The molecule has 16 heavy (non-hydrogen) atoms. The number of halogens is 1. The van der Waals surface area contributed by atoms with E-state index in [4.69, 9.17) is 16.7 Å². The van der Waals surface area contributed by atoms with E-state index in [2.05, 4.69) is 5.32 Å². The van der Waals surface area contributed by atoms with E-state index < -0.39 is 12.0 Å². The minimum atomic E-state index is -1.01. The van der Waals surface area contributed by atoms with Gasteiger partial charge in [-0.3, -0.25) is 4.79 Å². The first-order valence-corrected chi connectivity index (χ1v) is 5.23. The molecule has 2 N–H and O–H groups in total. The third-order valence-electron chi connectivity index (χ3n) is 2.69. The van der Waals surface area contributed by atoms with Gasteiger partial charge in [-0.05, 0) is 17.7 Å². The summed E-state index contributed by atoms with van der Waals surface area (Å²) in [5.74, 6) is -1.56. The SMILES string of the molecule is O=C1C[C@@H](c2ccc(Cl)cc2)[C@H](C(=O)O)N1. The standard InChI is InChI=1S/C11H10ClNO3/c12-7-3-1-6(2-4-7)8-5-9(14)13-10(8)11(15)16/h1-4,8,10H,5H2,(H,13,14)(H,15,16)/t8-,10+/m0/s1. The van der Waals surface area contributed by atoms with Gasteiger partial charge < -0.3 is 10.4 Å². The number of rotatable bonds is 2. The van der Waals surface area contributed by atoms with Crippen LogP contribution in [0.15, 0.2) is 24.3 Å². The van der Waals surface area contributed by atoms with Crippen LogP contribution in [0.2, 0.25) is 5.02 Å². The van der Waals surface area contributed by atoms with E-state index in [1.165, 1.54) is 0 Å². The minimum absolute atomic E-state index is 0.207. The van der Waals surface area contributed by atoms with Crippen LogP contribution in [0, 0.1) is 0 Å². The number of amides is 1. The van der Waals surface area contributed by atoms with Crippen molar-refractivity contribution in [3.8, 4) is 0 Å². The van der Waals surface area contributed by atoms with Gasteiger partial charge in [-0.1, -0.05) is 23.7 Å². The molecule has 0 unspecified atom stereocenters. The van der Waals surface area contributed by atoms with Crippen LogP contribution in [0.25, 0.3) is 0 Å². The predicted octanol–water partition coefficient (Wildman–Crippen LogP) is 1.40. The molecule has 1 aromatic carbocycles. The largest absolute Gasteiger partial charge is 0.480 e. The van der Waals surface area contributed by atoms with Gasteiger partial charge in [-0.15, -0.1) is 0 Å². The first-order chi connectivity index (χ1) is 7.58. The third kappa shape index (κ3) is 2.02. The maximum absolute atomic E-state index is 11.2. The highest BCUT2D eigenvalue weighted by Gasteiger charge is 2.38. The molecule has 1 heterocycles. The van der Waals surface area contributed by atoms with Gasteiger partial charge in [0.1, 0.15) is 6.04 Å². The summed E-state index contributed by atoms with van der Waals surface area (Å²) in [6.45, 7) is 0. The van der Waals surface area contributed by atoms with Gasteiger partial charge in [0, 0.05) is 17.4 Å². The zero-order valence-electron chi connectivity index (χ0n) is 8.31. The number of hydrogen-bond acceptors (Lipinski definition) is 2. The summed E-state index contributed by atoms with van der Waals surface area (Å²) in [5.41, 5.74) is 0.815. The van der Waals surface area contributed by atoms with E-state index in [-0.39, 0.29) is 18.2 Å². The molecule has 2 atom stereocenters. The number of carbonyl (C=O) groups is 2. The number of hydrogen-bond donors (Lipinski definition) is 2. The Morgan fingerprint density at radius 1 is 1.38 bits per heavy atom. The molecule has 0 saturated carbocycles. The van der Waals surface area contributed by atoms with Crippen molar-refractivity contribution >= 4 is 23.5 Å². The quantitative estimate of drug-likeness (QED) is 0.820. The van der Waals surface area contributed by atoms with Crippen LogP contribution in [0.4, 0.5) is 0 Å². The highest BCUT2D eigenvalue weighted by atomic mass is 35.5. The normalized spacial score (nSPS) is 24.2. The van der Waals surface area contributed by atoms with E-state index in [0.717, 1.165) is 5.56 Å². The zero-order valence-corrected chi connectivity index (χ0v) is 9.07. The maximum Gasteiger partial charge on any atom is 0.326 e. The van der Waals surface area contributed by atoms with Crippen molar-refractivity contribution in [1.82, 2.24) is 5.32 Å². The van der Waals surface area contributed by atoms with E-state index in [9.17, 15) is 9.59 Å². The molecule has 2 rings (SSSR count). The Hall–Kier alpha value is -1.55. The van der Waals surface area contributed by atoms with Crippen LogP contribution < -0.4 is 5.32 Å². The monoisotopic (exact) mass is 239 g/mol. The van der Waals surface area contributed by atoms with Crippen LogP contribution >= 0.6 is 11.6 Å². The van der Waals surface area contributed by atoms with Crippen molar-refractivity contribution in [3.05, 3.63) is 34.9 Å². The molecule has 1 saturated heterocycles. The van der Waals surface area contributed by atoms with Gasteiger partial charge in [-0.2, -0.15) is 0 Å². The molecular formula is C11H10ClNO3. The van der Waals surface area contributed by atoms with E-state index in [0.29, 0.717) is 5.02 Å². The molecule has 1 amide bonds. The summed E-state index contributed by atoms with van der Waals surface area (Å²) in [5, 5.41) is 12.0. The van der Waals surface area contributed by atoms with Crippen LogP contribution in [-0.4, -0.2) is 23.0 Å². The van der Waals surface area contributed by atoms with Crippen molar-refractivity contribution in [2.24, 2.45) is 0 Å². The lowest BCUT2D eigenvalue weighted by atomic mass is 9.92. The van der Waals surface area contributed by atoms with Gasteiger partial charge in [0.2, 0.25) is 5.91 Å². The lowest BCUT2D eigenvalue weighted by molar-refractivity contribution is -0.140. The van der Waals surface area contributed by atoms with E-state index in [1.54, 1.807) is 24.3 Å². The summed E-state index contributed by atoms with van der Waals surface area (Å²) in [6.07, 6.45) is 0.207. The first-order valence-electron chi connectivity index (χ1n) is 4.85. The summed E-state index contributed by atoms with van der Waals surface area (Å²) in [7, 11) is 0. The van der Waals surface area contributed by atoms with E-state index >= 15 is 0 Å². The predicted molar refractivity (Wildman–Crippen MR) is 58.4 cm³/mol. The second-order valence-electron chi connectivity index (χ2n) is 3.75. The van der Waals surface area contributed by atoms with E-state index in [1.807, 2.05) is 0 Å². The molecule has 0 aromatic heterocycles. The van der Waals surface area contributed by atoms with Crippen molar-refractivity contribution in [1.29, 1.82) is 0 Å². The fourth-order valence-corrected chi connectivity index (χ4v) is 2.03. The van der Waals surface area contributed by atoms with Gasteiger partial charge in [0.15, 0.2) is 0 Å². The molecule has 0 radical (unpaired) electrons. The van der Waals surface area contributed by atoms with Crippen LogP contribution in [0.5, 0.6) is 0 Å². The summed E-state index contributed by atoms with van der Waals surface area (Å²) >= 11 is 5.75. The highest BCUT2D eigenvalue weighted by Crippen LogP contribution is 2.29. The Morgan fingerprint density at radius 3 is 2.56 bits per heavy atom. The second kappa shape index (κ2) is 4.14. The molecule has 0 aliphatic carbocycles. The first kappa shape index (κ1) is 11.0. The summed E-state index contributed by atoms with van der Waals surface area (Å²) < 4.78 is 0. The van der Waals surface area contributed by atoms with Crippen LogP contribution in [0.1, 0.15) is 17.9 Å². The molecule has 1 fully saturated rings. The Morgan fingerprint density at radius 2 is 2.00 bits per heavy atom. The number of nitrogens with one attached hydrogen (secondary N) is 1. The lowest BCUT2D eigenvalue weighted by Crippen LogP contribution is -2.35. The molecule has 5 heteroatoms. The fourth-order valence-electron chi connectivity index (χ4n) is 1.90. The smallest absolute Gasteiger partial charge is 0.326 e. The Labute approximate surface area is 97.2 Å². The second-order valence-corrected chi connectivity index (χ2v) is 4.18. The molecular weight excluding hydrogens is 230 g/mol. The molecule has 4 nitrogen and oxygen atoms in total. The van der Waals surface area contributed by atoms with Crippen molar-refractivity contribution in [3.63, 3.8) is 0 Å². The number of carboxylic acid groups (broad SMARTS) is 1. The van der Waals surface area contributed by atoms with Gasteiger partial charge in [0.25, 0.3) is 0 Å². The number of aliphatic carboxylic acids is 1. The lowest BCUT2D eigenvalue weighted by Gasteiger charge is -2.14. The average Bonchev–Trinajstić information content (AvgIpc) is 2.61. The molecule has 1 aliphatic heterocycles. The topological polar surface area (TPSA) is 66.4 Å². The third-order valence-corrected chi connectivity index (χ3v) is 2.94. The summed E-state index contributed by atoms with van der Waals surface area (Å²) in [4.78, 5) is 22.2. The Kier molecular flexibility index (Phi) is 2.83. The molecule has 84 valence electrons. The number of carbonyl (C=O) groups excluding carboxylic acids is 1. The number of benzene rings is 1. The van der Waals surface area contributed by atoms with Crippen LogP contribution in [-0.2, 0) is 9.59 Å². The Balaban J connectivity index is 2.28. The molecule has 0 spiro atoms. The summed E-state index contributed by atoms with van der Waals surface area (Å²) in [6, 6.07) is 6.05. The van der Waals surface area contributed by atoms with Gasteiger partial charge in [-0.25, -0.2) is 4.79 Å². The zero-order chi connectivity index (χ0) is 11.7. The van der Waals surface area contributed by atoms with Crippen molar-refractivity contribution in [2.75, 3.05) is 0 Å². The average molecular weight is 240 g/mol. The molecule has 0 bridgehead atoms. The molecule has 1 aliphatic rings. The maximum atomic E-state index is 11.2.